The maximum atomic E-state index is 5.44. The van der Waals surface area contributed by atoms with E-state index in [1.165, 1.54) is 10.3 Å². The van der Waals surface area contributed by atoms with Gasteiger partial charge in [-0.25, -0.2) is 4.98 Å². The molecule has 1 aliphatic heterocycles. The molecule has 1 aliphatic rings. The molecule has 0 bridgehead atoms. The quantitative estimate of drug-likeness (QED) is 0.925. The summed E-state index contributed by atoms with van der Waals surface area (Å²) < 4.78 is 6.70. The van der Waals surface area contributed by atoms with Crippen molar-refractivity contribution in [3.8, 4) is 0 Å². The van der Waals surface area contributed by atoms with E-state index < -0.39 is 0 Å². The lowest BCUT2D eigenvalue weighted by molar-refractivity contribution is 0.0300. The van der Waals surface area contributed by atoms with Crippen molar-refractivity contribution in [2.24, 2.45) is 5.41 Å². The summed E-state index contributed by atoms with van der Waals surface area (Å²) in [5.74, 6) is 0. The van der Waals surface area contributed by atoms with E-state index in [0.717, 1.165) is 43.2 Å². The number of nitrogens with one attached hydrogen (secondary N) is 1. The second-order valence-electron chi connectivity index (χ2n) is 5.77. The number of ether oxygens (including phenoxy) is 1. The third-order valence-electron chi connectivity index (χ3n) is 3.91. The minimum absolute atomic E-state index is 0.339. The molecule has 0 saturated carbocycles. The second-order valence-corrected chi connectivity index (χ2v) is 6.80. The number of hydrogen-bond donors (Lipinski definition) is 1. The summed E-state index contributed by atoms with van der Waals surface area (Å²) in [7, 11) is 0. The first-order chi connectivity index (χ1) is 9.15. The number of fused-ring (bicyclic) bond motifs is 1. The number of rotatable bonds is 3. The molecule has 0 unspecified atom stereocenters. The molecule has 102 valence electrons. The van der Waals surface area contributed by atoms with Crippen LogP contribution in [-0.4, -0.2) is 24.7 Å². The van der Waals surface area contributed by atoms with Gasteiger partial charge in [0.2, 0.25) is 0 Å². The fourth-order valence-corrected chi connectivity index (χ4v) is 3.40. The third-order valence-corrected chi connectivity index (χ3v) is 4.89. The Morgan fingerprint density at radius 2 is 2.16 bits per heavy atom. The lowest BCUT2D eigenvalue weighted by Crippen LogP contribution is -2.33. The first-order valence-corrected chi connectivity index (χ1v) is 7.65. The van der Waals surface area contributed by atoms with Crippen molar-refractivity contribution >= 4 is 26.7 Å². The molecule has 1 aromatic heterocycles. The molecule has 2 aromatic rings. The van der Waals surface area contributed by atoms with Crippen LogP contribution in [0.1, 0.15) is 25.3 Å². The molecule has 0 atom stereocenters. The van der Waals surface area contributed by atoms with Crippen LogP contribution in [-0.2, 0) is 4.74 Å². The third kappa shape index (κ3) is 2.90. The number of aryl methyl sites for hydroxylation is 1. The highest BCUT2D eigenvalue weighted by molar-refractivity contribution is 7.22. The maximum Gasteiger partial charge on any atom is 0.183 e. The molecule has 0 amide bonds. The van der Waals surface area contributed by atoms with Gasteiger partial charge in [0.1, 0.15) is 0 Å². The zero-order chi connectivity index (χ0) is 13.3. The average Bonchev–Trinajstić information content (AvgIpc) is 2.79. The fraction of sp³-hybridized carbons (Fsp3) is 0.533. The van der Waals surface area contributed by atoms with Crippen LogP contribution in [0.4, 0.5) is 5.13 Å². The number of benzene rings is 1. The normalized spacial score (nSPS) is 18.6. The smallest absolute Gasteiger partial charge is 0.183 e. The molecule has 1 N–H and O–H groups in total. The van der Waals surface area contributed by atoms with Gasteiger partial charge < -0.3 is 10.1 Å². The van der Waals surface area contributed by atoms with Crippen molar-refractivity contribution in [3.63, 3.8) is 0 Å². The van der Waals surface area contributed by atoms with Crippen LogP contribution in [0.3, 0.4) is 0 Å². The molecule has 4 heteroatoms. The van der Waals surface area contributed by atoms with Crippen LogP contribution in [0.5, 0.6) is 0 Å². The van der Waals surface area contributed by atoms with Crippen molar-refractivity contribution in [1.29, 1.82) is 0 Å². The topological polar surface area (TPSA) is 34.2 Å². The van der Waals surface area contributed by atoms with Gasteiger partial charge in [-0.05, 0) is 42.9 Å². The molecule has 0 spiro atoms. The van der Waals surface area contributed by atoms with E-state index in [-0.39, 0.29) is 0 Å². The van der Waals surface area contributed by atoms with Gasteiger partial charge in [-0.1, -0.05) is 24.3 Å². The Balaban J connectivity index is 1.71. The van der Waals surface area contributed by atoms with Crippen LogP contribution in [0.25, 0.3) is 10.2 Å². The number of nitrogens with zero attached hydrogens (tertiary/aromatic N) is 1. The number of thiazole rings is 1. The zero-order valence-corrected chi connectivity index (χ0v) is 12.3. The fourth-order valence-electron chi connectivity index (χ4n) is 2.44. The SMILES string of the molecule is Cc1ccc2nc(NCC3(C)CCOCC3)sc2c1. The molecular formula is C15H20N2OS. The highest BCUT2D eigenvalue weighted by Crippen LogP contribution is 2.32. The average molecular weight is 276 g/mol. The van der Waals surface area contributed by atoms with Crippen molar-refractivity contribution in [1.82, 2.24) is 4.98 Å². The number of anilines is 1. The van der Waals surface area contributed by atoms with E-state index in [2.05, 4.69) is 42.3 Å². The van der Waals surface area contributed by atoms with Crippen molar-refractivity contribution in [2.75, 3.05) is 25.1 Å². The van der Waals surface area contributed by atoms with E-state index in [1.54, 1.807) is 11.3 Å². The van der Waals surface area contributed by atoms with Gasteiger partial charge in [0.25, 0.3) is 0 Å². The Bertz CT molecular complexity index is 573. The van der Waals surface area contributed by atoms with Crippen LogP contribution >= 0.6 is 11.3 Å². The van der Waals surface area contributed by atoms with Gasteiger partial charge in [0.05, 0.1) is 10.2 Å². The highest BCUT2D eigenvalue weighted by atomic mass is 32.1. The lowest BCUT2D eigenvalue weighted by atomic mass is 9.82. The number of hydrogen-bond acceptors (Lipinski definition) is 4. The maximum absolute atomic E-state index is 5.44. The Morgan fingerprint density at radius 1 is 1.37 bits per heavy atom. The first kappa shape index (κ1) is 12.9. The van der Waals surface area contributed by atoms with Crippen molar-refractivity contribution in [2.45, 2.75) is 26.7 Å². The van der Waals surface area contributed by atoms with Gasteiger partial charge in [-0.2, -0.15) is 0 Å². The molecule has 3 nitrogen and oxygen atoms in total. The summed E-state index contributed by atoms with van der Waals surface area (Å²) in [4.78, 5) is 4.65. The molecule has 0 radical (unpaired) electrons. The highest BCUT2D eigenvalue weighted by Gasteiger charge is 2.27. The summed E-state index contributed by atoms with van der Waals surface area (Å²) in [5, 5.41) is 4.55. The Morgan fingerprint density at radius 3 is 2.95 bits per heavy atom. The first-order valence-electron chi connectivity index (χ1n) is 6.84. The molecule has 2 heterocycles. The largest absolute Gasteiger partial charge is 0.381 e. The van der Waals surface area contributed by atoms with Gasteiger partial charge in [0.15, 0.2) is 5.13 Å². The lowest BCUT2D eigenvalue weighted by Gasteiger charge is -2.33. The minimum Gasteiger partial charge on any atom is -0.381 e. The van der Waals surface area contributed by atoms with Crippen LogP contribution in [0.2, 0.25) is 0 Å². The van der Waals surface area contributed by atoms with Gasteiger partial charge in [-0.15, -0.1) is 0 Å². The van der Waals surface area contributed by atoms with Crippen molar-refractivity contribution < 1.29 is 4.74 Å². The van der Waals surface area contributed by atoms with Gasteiger partial charge in [0, 0.05) is 19.8 Å². The van der Waals surface area contributed by atoms with E-state index in [4.69, 9.17) is 4.74 Å². The summed E-state index contributed by atoms with van der Waals surface area (Å²) in [6.45, 7) is 7.21. The van der Waals surface area contributed by atoms with Crippen LogP contribution < -0.4 is 5.32 Å². The molecule has 1 saturated heterocycles. The predicted molar refractivity (Wildman–Crippen MR) is 81.0 cm³/mol. The summed E-state index contributed by atoms with van der Waals surface area (Å²) in [6.07, 6.45) is 2.26. The van der Waals surface area contributed by atoms with Gasteiger partial charge >= 0.3 is 0 Å². The second kappa shape index (κ2) is 5.10. The monoisotopic (exact) mass is 276 g/mol. The molecule has 19 heavy (non-hydrogen) atoms. The van der Waals surface area contributed by atoms with E-state index in [0.29, 0.717) is 5.41 Å². The summed E-state index contributed by atoms with van der Waals surface area (Å²) in [6, 6.07) is 6.42. The predicted octanol–water partition coefficient (Wildman–Crippen LogP) is 3.83. The standard InChI is InChI=1S/C15H20N2OS/c1-11-3-4-12-13(9-11)19-14(17-12)16-10-15(2)5-7-18-8-6-15/h3-4,9H,5-8,10H2,1-2H3,(H,16,17). The van der Waals surface area contributed by atoms with E-state index in [1.807, 2.05) is 0 Å². The summed E-state index contributed by atoms with van der Waals surface area (Å²) in [5.41, 5.74) is 2.72. The van der Waals surface area contributed by atoms with Crippen molar-refractivity contribution in [3.05, 3.63) is 23.8 Å². The molecule has 1 fully saturated rings. The molecule has 3 rings (SSSR count). The minimum atomic E-state index is 0.339. The summed E-state index contributed by atoms with van der Waals surface area (Å²) >= 11 is 1.75. The van der Waals surface area contributed by atoms with E-state index in [9.17, 15) is 0 Å². The molecule has 0 aliphatic carbocycles. The van der Waals surface area contributed by atoms with Crippen LogP contribution in [0, 0.1) is 12.3 Å². The van der Waals surface area contributed by atoms with E-state index >= 15 is 0 Å². The Kier molecular flexibility index (Phi) is 3.46. The van der Waals surface area contributed by atoms with Crippen LogP contribution in [0.15, 0.2) is 18.2 Å². The molecule has 1 aromatic carbocycles. The molecular weight excluding hydrogens is 256 g/mol. The Hall–Kier alpha value is -1.13. The zero-order valence-electron chi connectivity index (χ0n) is 11.5. The number of aromatic nitrogens is 1. The Labute approximate surface area is 118 Å². The van der Waals surface area contributed by atoms with Gasteiger partial charge in [-0.3, -0.25) is 0 Å².